The number of ether oxygens (including phenoxy) is 1. The Morgan fingerprint density at radius 2 is 1.56 bits per heavy atom. The van der Waals surface area contributed by atoms with Gasteiger partial charge in [0.2, 0.25) is 11.8 Å². The number of carbonyl (C=O) groups is 4. The maximum atomic E-state index is 15.4. The number of benzene rings is 3. The number of allylic oxidation sites excluding steroid dienone is 2. The SMILES string of the molecule is COc1ccc([C@@]23C(=O)N(Nc4ccc(Cl)cc4Cl)C(=O)[C@@H]2C[C@@H]2C(=CC[C@@H]4C(=O)N(C(C)(C)C)C(=O)[C@@H]42)[C@@H]3c2cc(C)c(O)c(C)c2)cc1. The van der Waals surface area contributed by atoms with Crippen LogP contribution in [-0.2, 0) is 24.6 Å². The van der Waals surface area contributed by atoms with Crippen molar-refractivity contribution in [2.45, 2.75) is 64.3 Å². The minimum Gasteiger partial charge on any atom is -0.507 e. The van der Waals surface area contributed by atoms with Gasteiger partial charge in [0, 0.05) is 16.5 Å². The number of aromatic hydroxyl groups is 1. The summed E-state index contributed by atoms with van der Waals surface area (Å²) in [5, 5.41) is 12.5. The van der Waals surface area contributed by atoms with E-state index in [0.717, 1.165) is 16.1 Å². The first-order chi connectivity index (χ1) is 23.6. The van der Waals surface area contributed by atoms with Gasteiger partial charge < -0.3 is 9.84 Å². The molecule has 2 heterocycles. The molecule has 3 fully saturated rings. The highest BCUT2D eigenvalue weighted by Gasteiger charge is 2.70. The minimum absolute atomic E-state index is 0.140. The molecule has 11 heteroatoms. The number of amides is 4. The van der Waals surface area contributed by atoms with Gasteiger partial charge in [0.15, 0.2) is 0 Å². The van der Waals surface area contributed by atoms with E-state index in [1.165, 1.54) is 11.0 Å². The van der Waals surface area contributed by atoms with E-state index >= 15 is 4.79 Å². The summed E-state index contributed by atoms with van der Waals surface area (Å²) in [5.41, 5.74) is 4.53. The van der Waals surface area contributed by atoms with Crippen molar-refractivity contribution >= 4 is 52.5 Å². The Hall–Kier alpha value is -4.34. The number of phenols is 1. The second kappa shape index (κ2) is 11.9. The number of carbonyl (C=O) groups excluding carboxylic acids is 4. The topological polar surface area (TPSA) is 116 Å². The van der Waals surface area contributed by atoms with Crippen molar-refractivity contribution in [3.05, 3.63) is 98.5 Å². The first kappa shape index (κ1) is 34.1. The molecule has 2 N–H and O–H groups in total. The number of methoxy groups -OCH3 is 1. The molecule has 4 aliphatic rings. The molecule has 50 heavy (non-hydrogen) atoms. The van der Waals surface area contributed by atoms with Crippen molar-refractivity contribution in [1.82, 2.24) is 9.91 Å². The number of imide groups is 2. The standard InChI is InChI=1S/C39H39Cl2N3O6/c1-19-15-21(16-20(2)33(19)45)32-25-12-13-26-31(36(48)43(34(26)46)38(3,4)5)27(25)18-28-35(47)44(42-30-14-9-23(40)17-29(30)41)37(49)39(28,32)22-7-10-24(50-6)11-8-22/h7-12,14-17,26-28,31-32,42,45H,13,18H2,1-6H3/t26-,27+,28-,31-,32-,39+/m0/s1. The van der Waals surface area contributed by atoms with Gasteiger partial charge in [-0.15, -0.1) is 0 Å². The summed E-state index contributed by atoms with van der Waals surface area (Å²) < 4.78 is 5.47. The Morgan fingerprint density at radius 3 is 2.16 bits per heavy atom. The summed E-state index contributed by atoms with van der Waals surface area (Å²) in [6, 6.07) is 15.6. The van der Waals surface area contributed by atoms with Gasteiger partial charge in [0.25, 0.3) is 11.8 Å². The van der Waals surface area contributed by atoms with Gasteiger partial charge in [0.1, 0.15) is 11.5 Å². The van der Waals surface area contributed by atoms with E-state index < -0.39 is 52.4 Å². The Morgan fingerprint density at radius 1 is 0.900 bits per heavy atom. The third kappa shape index (κ3) is 4.88. The molecule has 9 nitrogen and oxygen atoms in total. The van der Waals surface area contributed by atoms with Crippen LogP contribution in [0.5, 0.6) is 11.5 Å². The van der Waals surface area contributed by atoms with Crippen LogP contribution in [0.3, 0.4) is 0 Å². The van der Waals surface area contributed by atoms with Gasteiger partial charge in [-0.1, -0.05) is 59.1 Å². The van der Waals surface area contributed by atoms with E-state index in [1.807, 2.05) is 51.1 Å². The molecule has 2 aliphatic heterocycles. The van der Waals surface area contributed by atoms with Crippen LogP contribution >= 0.6 is 23.2 Å². The Balaban J connectivity index is 1.48. The molecular weight excluding hydrogens is 677 g/mol. The average Bonchev–Trinajstić information content (AvgIpc) is 3.45. The van der Waals surface area contributed by atoms with Crippen molar-refractivity contribution in [2.75, 3.05) is 12.5 Å². The fraction of sp³-hybridized carbons (Fsp3) is 0.385. The van der Waals surface area contributed by atoms with Crippen molar-refractivity contribution in [1.29, 1.82) is 0 Å². The Labute approximate surface area is 301 Å². The number of hydrazine groups is 1. The number of halogens is 2. The van der Waals surface area contributed by atoms with Crippen LogP contribution in [0.15, 0.2) is 66.2 Å². The minimum atomic E-state index is -1.48. The quantitative estimate of drug-likeness (QED) is 0.214. The van der Waals surface area contributed by atoms with Gasteiger partial charge >= 0.3 is 0 Å². The summed E-state index contributed by atoms with van der Waals surface area (Å²) in [6.07, 6.45) is 2.52. The summed E-state index contributed by atoms with van der Waals surface area (Å²) in [5.74, 6) is -4.11. The van der Waals surface area contributed by atoms with Crippen molar-refractivity contribution in [3.8, 4) is 11.5 Å². The number of anilines is 1. The smallest absolute Gasteiger partial charge is 0.260 e. The summed E-state index contributed by atoms with van der Waals surface area (Å²) in [4.78, 5) is 59.7. The second-order valence-corrected chi connectivity index (χ2v) is 15.7. The number of rotatable bonds is 5. The van der Waals surface area contributed by atoms with Crippen LogP contribution in [0.4, 0.5) is 5.69 Å². The van der Waals surface area contributed by atoms with E-state index in [4.69, 9.17) is 27.9 Å². The summed E-state index contributed by atoms with van der Waals surface area (Å²) >= 11 is 12.7. The highest BCUT2D eigenvalue weighted by atomic mass is 35.5. The first-order valence-corrected chi connectivity index (χ1v) is 17.5. The van der Waals surface area contributed by atoms with Crippen LogP contribution in [0.2, 0.25) is 10.0 Å². The molecule has 0 aromatic heterocycles. The van der Waals surface area contributed by atoms with Crippen LogP contribution in [0, 0.1) is 37.5 Å². The van der Waals surface area contributed by atoms with Crippen molar-refractivity contribution < 1.29 is 29.0 Å². The fourth-order valence-electron chi connectivity index (χ4n) is 9.04. The molecule has 0 bridgehead atoms. The molecule has 3 aromatic rings. The van der Waals surface area contributed by atoms with Gasteiger partial charge in [-0.3, -0.25) is 29.5 Å². The van der Waals surface area contributed by atoms with E-state index in [0.29, 0.717) is 39.6 Å². The van der Waals surface area contributed by atoms with E-state index in [2.05, 4.69) is 5.43 Å². The number of nitrogens with one attached hydrogen (secondary N) is 1. The van der Waals surface area contributed by atoms with E-state index in [1.54, 1.807) is 45.2 Å². The van der Waals surface area contributed by atoms with Gasteiger partial charge in [0.05, 0.1) is 41.0 Å². The van der Waals surface area contributed by atoms with Crippen molar-refractivity contribution in [2.24, 2.45) is 23.7 Å². The molecule has 2 aliphatic carbocycles. The predicted octanol–water partition coefficient (Wildman–Crippen LogP) is 7.11. The largest absolute Gasteiger partial charge is 0.507 e. The molecule has 1 saturated carbocycles. The lowest BCUT2D eigenvalue weighted by atomic mass is 9.49. The zero-order valence-electron chi connectivity index (χ0n) is 28.7. The second-order valence-electron chi connectivity index (χ2n) is 14.9. The number of nitrogens with zero attached hydrogens (tertiary/aromatic N) is 2. The molecule has 0 spiro atoms. The predicted molar refractivity (Wildman–Crippen MR) is 190 cm³/mol. The summed E-state index contributed by atoms with van der Waals surface area (Å²) in [6.45, 7) is 9.14. The number of fused-ring (bicyclic) bond motifs is 4. The lowest BCUT2D eigenvalue weighted by Gasteiger charge is -2.50. The number of phenolic OH excluding ortho intramolecular Hbond substituents is 1. The number of hydrogen-bond acceptors (Lipinski definition) is 7. The number of likely N-dealkylation sites (tertiary alicyclic amines) is 1. The average molecular weight is 717 g/mol. The zero-order valence-corrected chi connectivity index (χ0v) is 30.2. The molecule has 2 saturated heterocycles. The lowest BCUT2D eigenvalue weighted by Crippen LogP contribution is -2.53. The monoisotopic (exact) mass is 715 g/mol. The molecule has 0 radical (unpaired) electrons. The van der Waals surface area contributed by atoms with E-state index in [9.17, 15) is 19.5 Å². The van der Waals surface area contributed by atoms with Crippen LogP contribution in [0.25, 0.3) is 0 Å². The van der Waals surface area contributed by atoms with Crippen LogP contribution in [0.1, 0.15) is 61.8 Å². The van der Waals surface area contributed by atoms with Crippen molar-refractivity contribution in [3.63, 3.8) is 0 Å². The van der Waals surface area contributed by atoms with Gasteiger partial charge in [-0.2, -0.15) is 5.01 Å². The highest BCUT2D eigenvalue weighted by Crippen LogP contribution is 2.64. The van der Waals surface area contributed by atoms with Gasteiger partial charge in [-0.25, -0.2) is 0 Å². The molecule has 7 rings (SSSR count). The molecular formula is C39H39Cl2N3O6. The Bertz CT molecular complexity index is 1980. The lowest BCUT2D eigenvalue weighted by molar-refractivity contribution is -0.146. The highest BCUT2D eigenvalue weighted by molar-refractivity contribution is 6.36. The third-order valence-electron chi connectivity index (χ3n) is 11.1. The Kier molecular flexibility index (Phi) is 8.11. The van der Waals surface area contributed by atoms with Gasteiger partial charge in [-0.05, 0) is 106 Å². The van der Waals surface area contributed by atoms with E-state index in [-0.39, 0.29) is 29.0 Å². The first-order valence-electron chi connectivity index (χ1n) is 16.7. The summed E-state index contributed by atoms with van der Waals surface area (Å²) in [7, 11) is 1.56. The fourth-order valence-corrected chi connectivity index (χ4v) is 9.49. The third-order valence-corrected chi connectivity index (χ3v) is 11.6. The molecule has 6 atom stereocenters. The number of hydrogen-bond donors (Lipinski definition) is 2. The van der Waals surface area contributed by atoms with Crippen LogP contribution in [-0.4, -0.2) is 51.3 Å². The molecule has 4 amide bonds. The zero-order chi connectivity index (χ0) is 36.0. The maximum absolute atomic E-state index is 15.4. The number of aryl methyl sites for hydroxylation is 2. The molecule has 0 unspecified atom stereocenters. The maximum Gasteiger partial charge on any atom is 0.260 e. The van der Waals surface area contributed by atoms with Crippen LogP contribution < -0.4 is 10.2 Å². The molecule has 260 valence electrons. The normalized spacial score (nSPS) is 27.6. The molecule has 3 aromatic carbocycles.